The number of ketones is 1. The summed E-state index contributed by atoms with van der Waals surface area (Å²) in [6.07, 6.45) is -2.64. The molecule has 176 valence electrons. The normalized spacial score (nSPS) is 16.6. The number of carbonyl (C=O) groups excluding carboxylic acids is 2. The van der Waals surface area contributed by atoms with E-state index >= 15 is 0 Å². The Labute approximate surface area is 187 Å². The van der Waals surface area contributed by atoms with Crippen LogP contribution in [0.3, 0.4) is 0 Å². The van der Waals surface area contributed by atoms with Crippen LogP contribution in [0.5, 0.6) is 11.5 Å². The summed E-state index contributed by atoms with van der Waals surface area (Å²) in [5, 5.41) is 0. The minimum absolute atomic E-state index is 0.0379. The van der Waals surface area contributed by atoms with Gasteiger partial charge in [0.25, 0.3) is 0 Å². The molecule has 0 aromatic heterocycles. The summed E-state index contributed by atoms with van der Waals surface area (Å²) in [5.41, 5.74) is 0.477. The molecule has 1 heterocycles. The van der Waals surface area contributed by atoms with E-state index in [1.165, 1.54) is 54.3 Å². The monoisotopic (exact) mass is 467 g/mol. The van der Waals surface area contributed by atoms with E-state index in [1.807, 2.05) is 0 Å². The predicted octanol–water partition coefficient (Wildman–Crippen LogP) is 4.25. The molecule has 1 aliphatic rings. The Morgan fingerprint density at radius 1 is 1.21 bits per heavy atom. The Kier molecular flexibility index (Phi) is 7.70. The molecule has 1 aliphatic heterocycles. The van der Waals surface area contributed by atoms with E-state index in [4.69, 9.17) is 9.47 Å². The maximum Gasteiger partial charge on any atom is 0.573 e. The van der Waals surface area contributed by atoms with Crippen LogP contribution in [0.4, 0.5) is 17.6 Å². The van der Waals surface area contributed by atoms with Gasteiger partial charge in [-0.1, -0.05) is 12.1 Å². The topological polar surface area (TPSA) is 65.1 Å². The van der Waals surface area contributed by atoms with Crippen LogP contribution in [-0.4, -0.2) is 55.4 Å². The van der Waals surface area contributed by atoms with E-state index in [0.29, 0.717) is 12.1 Å². The van der Waals surface area contributed by atoms with Gasteiger partial charge in [0, 0.05) is 12.6 Å². The third-order valence-electron chi connectivity index (χ3n) is 4.71. The zero-order valence-electron chi connectivity index (χ0n) is 17.6. The van der Waals surface area contributed by atoms with Crippen LogP contribution in [0.25, 0.3) is 6.08 Å². The quantitative estimate of drug-likeness (QED) is 0.346. The van der Waals surface area contributed by atoms with Crippen LogP contribution < -0.4 is 9.47 Å². The number of nitrogens with zero attached hydrogens (tertiary/aromatic N) is 1. The summed E-state index contributed by atoms with van der Waals surface area (Å²) in [7, 11) is 0. The molecule has 6 nitrogen and oxygen atoms in total. The zero-order chi connectivity index (χ0) is 24.0. The summed E-state index contributed by atoms with van der Waals surface area (Å²) in [5.74, 6) is -1.42. The summed E-state index contributed by atoms with van der Waals surface area (Å²) in [6, 6.07) is 8.89. The lowest BCUT2D eigenvalue weighted by Crippen LogP contribution is -2.47. The Hall–Kier alpha value is -3.40. The molecule has 1 saturated heterocycles. The molecule has 1 fully saturated rings. The third kappa shape index (κ3) is 7.31. The summed E-state index contributed by atoms with van der Waals surface area (Å²) in [4.78, 5) is 25.7. The zero-order valence-corrected chi connectivity index (χ0v) is 17.6. The average Bonchev–Trinajstić information content (AvgIpc) is 2.76. The van der Waals surface area contributed by atoms with Gasteiger partial charge in [-0.15, -0.1) is 13.2 Å². The first-order valence-electron chi connectivity index (χ1n) is 9.98. The van der Waals surface area contributed by atoms with E-state index < -0.39 is 18.3 Å². The Balaban J connectivity index is 1.58. The number of benzene rings is 2. The first-order chi connectivity index (χ1) is 15.6. The van der Waals surface area contributed by atoms with E-state index in [9.17, 15) is 27.2 Å². The van der Waals surface area contributed by atoms with Gasteiger partial charge in [0.05, 0.1) is 18.7 Å². The first-order valence-corrected chi connectivity index (χ1v) is 9.98. The van der Waals surface area contributed by atoms with Crippen molar-refractivity contribution in [1.82, 2.24) is 4.90 Å². The van der Waals surface area contributed by atoms with Crippen molar-refractivity contribution in [2.45, 2.75) is 19.4 Å². The number of rotatable bonds is 7. The van der Waals surface area contributed by atoms with Crippen LogP contribution >= 0.6 is 0 Å². The lowest BCUT2D eigenvalue weighted by molar-refractivity contribution is -0.274. The van der Waals surface area contributed by atoms with E-state index in [0.717, 1.165) is 12.1 Å². The molecule has 1 atom stereocenters. The van der Waals surface area contributed by atoms with E-state index in [2.05, 4.69) is 4.74 Å². The third-order valence-corrected chi connectivity index (χ3v) is 4.71. The molecule has 10 heteroatoms. The highest BCUT2D eigenvalue weighted by Crippen LogP contribution is 2.24. The van der Waals surface area contributed by atoms with Gasteiger partial charge in [0.15, 0.2) is 5.78 Å². The SMILES string of the molecule is CC(=O)c1cc(F)ccc1OCC1CN(C(=O)/C=C/c2cccc(OC(F)(F)F)c2)CCO1. The fourth-order valence-electron chi connectivity index (χ4n) is 3.19. The van der Waals surface area contributed by atoms with Gasteiger partial charge in [0.2, 0.25) is 5.91 Å². The molecule has 0 spiro atoms. The highest BCUT2D eigenvalue weighted by molar-refractivity contribution is 5.96. The van der Waals surface area contributed by atoms with Crippen LogP contribution in [0.1, 0.15) is 22.8 Å². The molecule has 2 aromatic rings. The minimum Gasteiger partial charge on any atom is -0.490 e. The van der Waals surface area contributed by atoms with Gasteiger partial charge < -0.3 is 19.1 Å². The predicted molar refractivity (Wildman–Crippen MR) is 110 cm³/mol. The Bertz CT molecular complexity index is 1040. The van der Waals surface area contributed by atoms with Crippen LogP contribution in [-0.2, 0) is 9.53 Å². The van der Waals surface area contributed by atoms with Crippen molar-refractivity contribution >= 4 is 17.8 Å². The molecule has 3 rings (SSSR count). The lowest BCUT2D eigenvalue weighted by atomic mass is 10.1. The fraction of sp³-hybridized carbons (Fsp3) is 0.304. The fourth-order valence-corrected chi connectivity index (χ4v) is 3.19. The number of hydrogen-bond acceptors (Lipinski definition) is 5. The molecule has 0 N–H and O–H groups in total. The van der Waals surface area contributed by atoms with Crippen molar-refractivity contribution in [1.29, 1.82) is 0 Å². The van der Waals surface area contributed by atoms with Crippen molar-refractivity contribution in [3.8, 4) is 11.5 Å². The number of halogens is 4. The first kappa shape index (κ1) is 24.2. The lowest BCUT2D eigenvalue weighted by Gasteiger charge is -2.32. The highest BCUT2D eigenvalue weighted by Gasteiger charge is 2.31. The Morgan fingerprint density at radius 3 is 2.73 bits per heavy atom. The van der Waals surface area contributed by atoms with Crippen molar-refractivity contribution in [2.24, 2.45) is 0 Å². The second kappa shape index (κ2) is 10.5. The molecule has 0 aliphatic carbocycles. The summed E-state index contributed by atoms with van der Waals surface area (Å²) in [6.45, 7) is 2.13. The Morgan fingerprint density at radius 2 is 2.00 bits per heavy atom. The molecule has 1 unspecified atom stereocenters. The number of morpholine rings is 1. The number of amides is 1. The minimum atomic E-state index is -4.80. The maximum atomic E-state index is 13.4. The maximum absolute atomic E-state index is 13.4. The van der Waals surface area contributed by atoms with Crippen LogP contribution in [0.2, 0.25) is 0 Å². The van der Waals surface area contributed by atoms with Crippen LogP contribution in [0.15, 0.2) is 48.5 Å². The molecular formula is C23H21F4NO5. The molecule has 0 bridgehead atoms. The van der Waals surface area contributed by atoms with E-state index in [-0.39, 0.29) is 48.5 Å². The number of hydrogen-bond donors (Lipinski definition) is 0. The van der Waals surface area contributed by atoms with Gasteiger partial charge >= 0.3 is 6.36 Å². The van der Waals surface area contributed by atoms with Crippen molar-refractivity contribution in [3.63, 3.8) is 0 Å². The van der Waals surface area contributed by atoms with E-state index in [1.54, 1.807) is 0 Å². The number of Topliss-reactive ketones (excluding diaryl/α,β-unsaturated/α-hetero) is 1. The number of alkyl halides is 3. The number of ether oxygens (including phenoxy) is 3. The van der Waals surface area contributed by atoms with Crippen LogP contribution in [0, 0.1) is 5.82 Å². The molecule has 1 amide bonds. The van der Waals surface area contributed by atoms with Gasteiger partial charge in [-0.25, -0.2) is 4.39 Å². The second-order valence-electron chi connectivity index (χ2n) is 7.24. The van der Waals surface area contributed by atoms with Gasteiger partial charge in [-0.2, -0.15) is 0 Å². The van der Waals surface area contributed by atoms with Gasteiger partial charge in [-0.3, -0.25) is 9.59 Å². The molecule has 33 heavy (non-hydrogen) atoms. The average molecular weight is 467 g/mol. The summed E-state index contributed by atoms with van der Waals surface area (Å²) < 4.78 is 65.6. The highest BCUT2D eigenvalue weighted by atomic mass is 19.4. The molecule has 2 aromatic carbocycles. The van der Waals surface area contributed by atoms with Gasteiger partial charge in [-0.05, 0) is 48.9 Å². The van der Waals surface area contributed by atoms with Crippen molar-refractivity contribution in [3.05, 3.63) is 65.5 Å². The van der Waals surface area contributed by atoms with Crippen molar-refractivity contribution in [2.75, 3.05) is 26.3 Å². The molecular weight excluding hydrogens is 446 g/mol. The largest absolute Gasteiger partial charge is 0.573 e. The number of carbonyl (C=O) groups is 2. The summed E-state index contributed by atoms with van der Waals surface area (Å²) >= 11 is 0. The molecule has 0 radical (unpaired) electrons. The van der Waals surface area contributed by atoms with Crippen molar-refractivity contribution < 1.29 is 41.4 Å². The second-order valence-corrected chi connectivity index (χ2v) is 7.24. The van der Waals surface area contributed by atoms with Gasteiger partial charge in [0.1, 0.15) is 30.0 Å². The smallest absolute Gasteiger partial charge is 0.490 e. The molecule has 0 saturated carbocycles. The standard InChI is InChI=1S/C23H21F4NO5/c1-15(29)20-12-17(24)6-7-21(20)32-14-19-13-28(9-10-31-19)22(30)8-5-16-3-2-4-18(11-16)33-23(25,26)27/h2-8,11-12,19H,9-10,13-14H2,1H3/b8-5+.